The first kappa shape index (κ1) is 15.0. The van der Waals surface area contributed by atoms with Crippen LogP contribution >= 0.6 is 0 Å². The average Bonchev–Trinajstić information content (AvgIpc) is 3.18. The molecule has 0 bridgehead atoms. The molecule has 3 heterocycles. The van der Waals surface area contributed by atoms with E-state index < -0.39 is 24.1 Å². The number of likely N-dealkylation sites (N-methyl/N-ethyl adjacent to an activating group) is 1. The SMILES string of the molecule is CN1C(=O)C2C(N=CN2CC(=O)NCc2ccco2)N(F)C1=O. The third-order valence-corrected chi connectivity index (χ3v) is 3.66. The Kier molecular flexibility index (Phi) is 3.72. The van der Waals surface area contributed by atoms with Gasteiger partial charge in [0.05, 0.1) is 25.7 Å². The summed E-state index contributed by atoms with van der Waals surface area (Å²) in [7, 11) is 1.18. The molecule has 2 unspecified atom stereocenters. The van der Waals surface area contributed by atoms with Crippen molar-refractivity contribution >= 4 is 24.2 Å². The van der Waals surface area contributed by atoms with Gasteiger partial charge in [0.25, 0.3) is 5.91 Å². The second-order valence-electron chi connectivity index (χ2n) is 5.14. The Labute approximate surface area is 130 Å². The summed E-state index contributed by atoms with van der Waals surface area (Å²) in [6.45, 7) is 0.0134. The molecule has 122 valence electrons. The molecule has 1 aromatic rings. The highest BCUT2D eigenvalue weighted by Gasteiger charge is 2.50. The van der Waals surface area contributed by atoms with Gasteiger partial charge in [0.2, 0.25) is 5.91 Å². The van der Waals surface area contributed by atoms with Crippen LogP contribution in [0.5, 0.6) is 0 Å². The van der Waals surface area contributed by atoms with E-state index in [9.17, 15) is 18.9 Å². The number of fused-ring (bicyclic) bond motifs is 1. The number of furan rings is 1. The fraction of sp³-hybridized carbons (Fsp3) is 0.385. The van der Waals surface area contributed by atoms with E-state index in [0.717, 1.165) is 0 Å². The van der Waals surface area contributed by atoms with E-state index in [2.05, 4.69) is 10.3 Å². The molecule has 2 aliphatic rings. The number of hydrogen-bond donors (Lipinski definition) is 1. The molecule has 0 aromatic carbocycles. The van der Waals surface area contributed by atoms with Crippen LogP contribution in [-0.4, -0.2) is 64.9 Å². The van der Waals surface area contributed by atoms with Gasteiger partial charge >= 0.3 is 6.03 Å². The maximum absolute atomic E-state index is 13.8. The molecule has 0 saturated carbocycles. The van der Waals surface area contributed by atoms with Crippen LogP contribution in [0.1, 0.15) is 5.76 Å². The van der Waals surface area contributed by atoms with Crippen LogP contribution in [-0.2, 0) is 16.1 Å². The second-order valence-corrected chi connectivity index (χ2v) is 5.14. The van der Waals surface area contributed by atoms with Crippen LogP contribution < -0.4 is 5.32 Å². The number of rotatable bonds is 4. The lowest BCUT2D eigenvalue weighted by atomic mass is 10.1. The lowest BCUT2D eigenvalue weighted by molar-refractivity contribution is -0.143. The van der Waals surface area contributed by atoms with Crippen molar-refractivity contribution in [3.05, 3.63) is 24.2 Å². The van der Waals surface area contributed by atoms with E-state index in [1.165, 1.54) is 24.5 Å². The maximum Gasteiger partial charge on any atom is 0.356 e. The topological polar surface area (TPSA) is 98.5 Å². The summed E-state index contributed by atoms with van der Waals surface area (Å²) in [6.07, 6.45) is 1.44. The van der Waals surface area contributed by atoms with Gasteiger partial charge in [-0.3, -0.25) is 14.5 Å². The van der Waals surface area contributed by atoms with Gasteiger partial charge in [-0.05, 0) is 12.1 Å². The van der Waals surface area contributed by atoms with Crippen molar-refractivity contribution in [3.8, 4) is 0 Å². The number of amides is 4. The lowest BCUT2D eigenvalue weighted by Crippen LogP contribution is -2.63. The van der Waals surface area contributed by atoms with Gasteiger partial charge in [-0.15, -0.1) is 5.12 Å². The normalized spacial score (nSPS) is 23.5. The smallest absolute Gasteiger partial charge is 0.356 e. The maximum atomic E-state index is 13.8. The van der Waals surface area contributed by atoms with E-state index in [0.29, 0.717) is 10.7 Å². The summed E-state index contributed by atoms with van der Waals surface area (Å²) in [5.74, 6) is -0.406. The summed E-state index contributed by atoms with van der Waals surface area (Å²) < 4.78 is 18.9. The molecule has 1 N–H and O–H groups in total. The average molecular weight is 323 g/mol. The quantitative estimate of drug-likeness (QED) is 0.768. The lowest BCUT2D eigenvalue weighted by Gasteiger charge is -2.36. The standard InChI is InChI=1S/C13H14FN5O4/c1-17-12(21)10-11(19(14)13(17)22)16-7-18(10)6-9(20)15-5-8-3-2-4-23-8/h2-4,7,10-11H,5-6H2,1H3,(H,15,20). The minimum atomic E-state index is -1.26. The fourth-order valence-electron chi connectivity index (χ4n) is 2.44. The van der Waals surface area contributed by atoms with E-state index >= 15 is 0 Å². The zero-order valence-corrected chi connectivity index (χ0v) is 12.2. The van der Waals surface area contributed by atoms with Crippen molar-refractivity contribution in [2.24, 2.45) is 4.99 Å². The highest BCUT2D eigenvalue weighted by molar-refractivity contribution is 6.01. The highest BCUT2D eigenvalue weighted by Crippen LogP contribution is 2.25. The molecule has 1 fully saturated rings. The molecular weight excluding hydrogens is 309 g/mol. The molecule has 3 rings (SSSR count). The third-order valence-electron chi connectivity index (χ3n) is 3.66. The summed E-state index contributed by atoms with van der Waals surface area (Å²) in [6, 6.07) is 1.29. The van der Waals surface area contributed by atoms with Gasteiger partial charge in [0.1, 0.15) is 5.76 Å². The van der Waals surface area contributed by atoms with Crippen molar-refractivity contribution in [1.29, 1.82) is 0 Å². The second kappa shape index (κ2) is 5.71. The number of nitrogens with zero attached hydrogens (tertiary/aromatic N) is 4. The molecule has 1 saturated heterocycles. The van der Waals surface area contributed by atoms with Crippen molar-refractivity contribution < 1.29 is 23.3 Å². The molecular formula is C13H14FN5O4. The largest absolute Gasteiger partial charge is 0.467 e. The van der Waals surface area contributed by atoms with E-state index in [1.54, 1.807) is 12.1 Å². The monoisotopic (exact) mass is 323 g/mol. The summed E-state index contributed by atoms with van der Waals surface area (Å²) in [5, 5.41) is 2.51. The Hall–Kier alpha value is -2.91. The molecule has 0 aliphatic carbocycles. The van der Waals surface area contributed by atoms with Crippen molar-refractivity contribution in [2.45, 2.75) is 18.8 Å². The molecule has 1 aromatic heterocycles. The number of halogens is 1. The van der Waals surface area contributed by atoms with Crippen LogP contribution in [0.3, 0.4) is 0 Å². The van der Waals surface area contributed by atoms with Crippen LogP contribution in [0.25, 0.3) is 0 Å². The number of hydrogen-bond acceptors (Lipinski definition) is 6. The molecule has 10 heteroatoms. The molecule has 9 nitrogen and oxygen atoms in total. The van der Waals surface area contributed by atoms with Crippen LogP contribution in [0, 0.1) is 0 Å². The zero-order valence-electron chi connectivity index (χ0n) is 12.2. The summed E-state index contributed by atoms with van der Waals surface area (Å²) >= 11 is 0. The van der Waals surface area contributed by atoms with Gasteiger partial charge in [-0.25, -0.2) is 9.79 Å². The molecule has 0 spiro atoms. The van der Waals surface area contributed by atoms with Crippen LogP contribution in [0.4, 0.5) is 9.28 Å². The van der Waals surface area contributed by atoms with Crippen LogP contribution in [0.2, 0.25) is 0 Å². The Morgan fingerprint density at radius 3 is 2.96 bits per heavy atom. The molecule has 2 atom stereocenters. The van der Waals surface area contributed by atoms with Crippen molar-refractivity contribution in [3.63, 3.8) is 0 Å². The van der Waals surface area contributed by atoms with Crippen LogP contribution in [0.15, 0.2) is 27.8 Å². The first-order valence-corrected chi connectivity index (χ1v) is 6.83. The van der Waals surface area contributed by atoms with Crippen molar-refractivity contribution in [1.82, 2.24) is 20.2 Å². The zero-order chi connectivity index (χ0) is 16.6. The summed E-state index contributed by atoms with van der Waals surface area (Å²) in [4.78, 5) is 41.4. The number of urea groups is 1. The minimum Gasteiger partial charge on any atom is -0.467 e. The minimum absolute atomic E-state index is 0.108. The van der Waals surface area contributed by atoms with Gasteiger partial charge in [-0.1, -0.05) is 4.48 Å². The Morgan fingerprint density at radius 1 is 1.48 bits per heavy atom. The van der Waals surface area contributed by atoms with E-state index in [-0.39, 0.29) is 24.1 Å². The molecule has 2 aliphatic heterocycles. The Balaban J connectivity index is 1.63. The van der Waals surface area contributed by atoms with Gasteiger partial charge < -0.3 is 14.6 Å². The van der Waals surface area contributed by atoms with E-state index in [4.69, 9.17) is 4.42 Å². The highest BCUT2D eigenvalue weighted by atomic mass is 19.2. The first-order valence-electron chi connectivity index (χ1n) is 6.83. The Bertz CT molecular complexity index is 661. The number of nitrogens with one attached hydrogen (secondary N) is 1. The fourth-order valence-corrected chi connectivity index (χ4v) is 2.44. The predicted octanol–water partition coefficient (Wildman–Crippen LogP) is -0.287. The molecule has 23 heavy (non-hydrogen) atoms. The number of carbonyl (C=O) groups is 3. The number of aliphatic imine (C=N–C) groups is 1. The third kappa shape index (κ3) is 2.62. The van der Waals surface area contributed by atoms with E-state index in [1.807, 2.05) is 0 Å². The summed E-state index contributed by atoms with van der Waals surface area (Å²) in [5.41, 5.74) is 0. The van der Waals surface area contributed by atoms with Crippen molar-refractivity contribution in [2.75, 3.05) is 13.6 Å². The Morgan fingerprint density at radius 2 is 2.26 bits per heavy atom. The molecule has 4 amide bonds. The number of imide groups is 1. The predicted molar refractivity (Wildman–Crippen MR) is 74.4 cm³/mol. The number of carbonyl (C=O) groups excluding carboxylic acids is 3. The first-order chi connectivity index (χ1) is 11.0. The molecule has 0 radical (unpaired) electrons. The van der Waals surface area contributed by atoms with Gasteiger partial charge in [-0.2, -0.15) is 0 Å². The van der Waals surface area contributed by atoms with Gasteiger partial charge in [0, 0.05) is 7.05 Å². The van der Waals surface area contributed by atoms with Gasteiger partial charge in [0.15, 0.2) is 12.2 Å².